The molecule has 3 unspecified atom stereocenters. The van der Waals surface area contributed by atoms with Gasteiger partial charge in [-0.2, -0.15) is 0 Å². The van der Waals surface area contributed by atoms with Crippen LogP contribution < -0.4 is 0 Å². The lowest BCUT2D eigenvalue weighted by atomic mass is 10.1. The summed E-state index contributed by atoms with van der Waals surface area (Å²) in [4.78, 5) is 0. The van der Waals surface area contributed by atoms with Crippen LogP contribution in [0.5, 0.6) is 0 Å². The second-order valence-electron chi connectivity index (χ2n) is 6.91. The monoisotopic (exact) mass is 314 g/mol. The van der Waals surface area contributed by atoms with Crippen LogP contribution in [0.4, 0.5) is 0 Å². The number of hydrogen-bond acceptors (Lipinski definition) is 0. The maximum absolute atomic E-state index is 2.35. The van der Waals surface area contributed by atoms with Crippen molar-refractivity contribution in [3.8, 4) is 0 Å². The molecule has 2 aliphatic rings. The average molecular weight is 314 g/mol. The van der Waals surface area contributed by atoms with Crippen LogP contribution in [0, 0.1) is 0 Å². The molecular weight excluding hydrogens is 278 g/mol. The second kappa shape index (κ2) is 9.79. The highest BCUT2D eigenvalue weighted by Gasteiger charge is 2.38. The highest BCUT2D eigenvalue weighted by atomic mass is 31.1. The smallest absolute Gasteiger partial charge is 0.0141 e. The van der Waals surface area contributed by atoms with Crippen molar-refractivity contribution in [3.63, 3.8) is 0 Å². The Morgan fingerprint density at radius 1 is 0.700 bits per heavy atom. The Kier molecular flexibility index (Phi) is 8.43. The number of hydrogen-bond donors (Lipinski definition) is 0. The van der Waals surface area contributed by atoms with E-state index >= 15 is 0 Å². The third kappa shape index (κ3) is 4.95. The Hall–Kier alpha value is 0.860. The molecule has 0 aromatic carbocycles. The molecule has 4 atom stereocenters. The van der Waals surface area contributed by atoms with Crippen molar-refractivity contribution in [2.24, 2.45) is 0 Å². The van der Waals surface area contributed by atoms with E-state index in [2.05, 4.69) is 13.8 Å². The summed E-state index contributed by atoms with van der Waals surface area (Å²) < 4.78 is 0. The molecule has 0 nitrogen and oxygen atoms in total. The molecule has 2 saturated heterocycles. The SMILES string of the molecule is CCCCCP1CCCC1[C@@H]1CCCP1CCCCC. The molecule has 0 N–H and O–H groups in total. The maximum Gasteiger partial charge on any atom is -0.0141 e. The first-order valence-electron chi connectivity index (χ1n) is 9.35. The summed E-state index contributed by atoms with van der Waals surface area (Å²) in [6.07, 6.45) is 21.8. The van der Waals surface area contributed by atoms with Crippen molar-refractivity contribution in [3.05, 3.63) is 0 Å². The largest absolute Gasteiger partial charge is 0.103 e. The molecule has 2 rings (SSSR count). The Bertz CT molecular complexity index is 228. The minimum absolute atomic E-state index is 0.440. The Labute approximate surface area is 130 Å². The zero-order valence-corrected chi connectivity index (χ0v) is 15.7. The molecule has 0 spiro atoms. The molecule has 0 radical (unpaired) electrons. The van der Waals surface area contributed by atoms with Crippen LogP contribution in [0.25, 0.3) is 0 Å². The van der Waals surface area contributed by atoms with Crippen LogP contribution in [0.1, 0.15) is 78.1 Å². The first-order chi connectivity index (χ1) is 9.86. The predicted molar refractivity (Wildman–Crippen MR) is 98.4 cm³/mol. The Morgan fingerprint density at radius 2 is 1.15 bits per heavy atom. The van der Waals surface area contributed by atoms with E-state index in [0.29, 0.717) is 15.8 Å². The number of rotatable bonds is 9. The summed E-state index contributed by atoms with van der Waals surface area (Å²) in [5.74, 6) is 0. The lowest BCUT2D eigenvalue weighted by Crippen LogP contribution is -2.19. The van der Waals surface area contributed by atoms with E-state index in [-0.39, 0.29) is 0 Å². The predicted octanol–water partition coefficient (Wildman–Crippen LogP) is 6.66. The lowest BCUT2D eigenvalue weighted by molar-refractivity contribution is 0.690. The zero-order chi connectivity index (χ0) is 14.2. The fraction of sp³-hybridized carbons (Fsp3) is 1.00. The average Bonchev–Trinajstić information content (AvgIpc) is 3.08. The van der Waals surface area contributed by atoms with Crippen molar-refractivity contribution in [2.75, 3.05) is 24.6 Å². The molecule has 0 amide bonds. The van der Waals surface area contributed by atoms with Crippen LogP contribution in [-0.4, -0.2) is 36.0 Å². The van der Waals surface area contributed by atoms with Crippen LogP contribution in [-0.2, 0) is 0 Å². The van der Waals surface area contributed by atoms with Gasteiger partial charge in [0.15, 0.2) is 0 Å². The Balaban J connectivity index is 1.80. The molecule has 118 valence electrons. The molecular formula is C18H36P2. The van der Waals surface area contributed by atoms with Crippen molar-refractivity contribution in [1.29, 1.82) is 0 Å². The molecule has 2 aliphatic heterocycles. The topological polar surface area (TPSA) is 0 Å². The second-order valence-corrected chi connectivity index (χ2v) is 12.4. The molecule has 0 aliphatic carbocycles. The molecule has 2 heterocycles. The molecule has 2 heteroatoms. The summed E-state index contributed by atoms with van der Waals surface area (Å²) in [7, 11) is 0.880. The van der Waals surface area contributed by atoms with E-state index in [0.717, 1.165) is 0 Å². The zero-order valence-electron chi connectivity index (χ0n) is 13.9. The van der Waals surface area contributed by atoms with E-state index < -0.39 is 0 Å². The van der Waals surface area contributed by atoms with Crippen molar-refractivity contribution in [1.82, 2.24) is 0 Å². The minimum atomic E-state index is 0.440. The number of unbranched alkanes of at least 4 members (excludes halogenated alkanes) is 4. The van der Waals surface area contributed by atoms with Crippen LogP contribution in [0.2, 0.25) is 0 Å². The van der Waals surface area contributed by atoms with Gasteiger partial charge >= 0.3 is 0 Å². The summed E-state index contributed by atoms with van der Waals surface area (Å²) in [6.45, 7) is 4.70. The fourth-order valence-corrected chi connectivity index (χ4v) is 12.0. The molecule has 2 fully saturated rings. The van der Waals surface area contributed by atoms with Gasteiger partial charge in [-0.1, -0.05) is 39.5 Å². The first-order valence-corrected chi connectivity index (χ1v) is 12.9. The summed E-state index contributed by atoms with van der Waals surface area (Å²) >= 11 is 0. The quantitative estimate of drug-likeness (QED) is 0.330. The van der Waals surface area contributed by atoms with Gasteiger partial charge in [0, 0.05) is 0 Å². The van der Waals surface area contributed by atoms with E-state index in [1.807, 2.05) is 0 Å². The van der Waals surface area contributed by atoms with E-state index in [9.17, 15) is 0 Å². The van der Waals surface area contributed by atoms with Crippen LogP contribution in [0.3, 0.4) is 0 Å². The van der Waals surface area contributed by atoms with Gasteiger partial charge < -0.3 is 0 Å². The van der Waals surface area contributed by atoms with Crippen molar-refractivity contribution < 1.29 is 0 Å². The summed E-state index contributed by atoms with van der Waals surface area (Å²) in [6, 6.07) is 0. The standard InChI is InChI=1S/C18H36P2/c1-3-5-7-13-19-15-9-11-17(19)18-12-10-16-20(18)14-8-6-4-2/h17-18H,3-16H2,1-2H3/t17-,18?,19?,20?/m0/s1. The van der Waals surface area contributed by atoms with Gasteiger partial charge in [-0.25, -0.2) is 0 Å². The van der Waals surface area contributed by atoms with Crippen molar-refractivity contribution in [2.45, 2.75) is 89.4 Å². The molecule has 20 heavy (non-hydrogen) atoms. The molecule has 0 saturated carbocycles. The van der Waals surface area contributed by atoms with Gasteiger partial charge in [-0.15, -0.1) is 15.8 Å². The Morgan fingerprint density at radius 3 is 1.55 bits per heavy atom. The van der Waals surface area contributed by atoms with Gasteiger partial charge in [-0.3, -0.25) is 0 Å². The van der Waals surface area contributed by atoms with Gasteiger partial charge in [0.05, 0.1) is 0 Å². The van der Waals surface area contributed by atoms with Gasteiger partial charge in [0.25, 0.3) is 0 Å². The van der Waals surface area contributed by atoms with E-state index in [4.69, 9.17) is 0 Å². The van der Waals surface area contributed by atoms with Crippen LogP contribution >= 0.6 is 15.8 Å². The van der Waals surface area contributed by atoms with Gasteiger partial charge in [0.2, 0.25) is 0 Å². The normalized spacial score (nSPS) is 33.9. The summed E-state index contributed by atoms with van der Waals surface area (Å²) in [5, 5.41) is 0. The third-order valence-corrected chi connectivity index (χ3v) is 12.3. The minimum Gasteiger partial charge on any atom is -0.103 e. The first kappa shape index (κ1) is 17.2. The highest BCUT2D eigenvalue weighted by Crippen LogP contribution is 2.62. The van der Waals surface area contributed by atoms with Gasteiger partial charge in [0.1, 0.15) is 0 Å². The van der Waals surface area contributed by atoms with Crippen LogP contribution in [0.15, 0.2) is 0 Å². The molecule has 0 bridgehead atoms. The fourth-order valence-electron chi connectivity index (χ4n) is 4.26. The maximum atomic E-state index is 2.35. The van der Waals surface area contributed by atoms with Crippen molar-refractivity contribution >= 4 is 15.8 Å². The van der Waals surface area contributed by atoms with E-state index in [1.54, 1.807) is 63.2 Å². The van der Waals surface area contributed by atoms with Gasteiger partial charge in [-0.05, 0) is 74.5 Å². The van der Waals surface area contributed by atoms with E-state index in [1.165, 1.54) is 37.0 Å². The lowest BCUT2D eigenvalue weighted by Gasteiger charge is -2.31. The molecule has 0 aromatic rings. The third-order valence-electron chi connectivity index (χ3n) is 5.37. The summed E-state index contributed by atoms with van der Waals surface area (Å²) in [5.41, 5.74) is 2.44. The highest BCUT2D eigenvalue weighted by molar-refractivity contribution is 7.63. The molecule has 0 aromatic heterocycles.